The maximum absolute atomic E-state index is 12.3. The molecule has 90 valence electrons. The number of phenolic OH excluding ortho intramolecular Hbond substituents is 1. The standard InChI is InChI=1S/C9H8F2N4O2/c1-17-5-2-3-7(16)6(4-5)8-12-14-15(13-8)9(10)11/h2-4,9,16H,1H3. The molecule has 0 radical (unpaired) electrons. The molecule has 17 heavy (non-hydrogen) atoms. The van der Waals surface area contributed by atoms with Crippen molar-refractivity contribution in [3.63, 3.8) is 0 Å². The van der Waals surface area contributed by atoms with Crippen LogP contribution in [0.25, 0.3) is 11.4 Å². The van der Waals surface area contributed by atoms with Crippen molar-refractivity contribution in [3.05, 3.63) is 18.2 Å². The molecule has 1 N–H and O–H groups in total. The van der Waals surface area contributed by atoms with Crippen molar-refractivity contribution >= 4 is 0 Å². The van der Waals surface area contributed by atoms with E-state index in [-0.39, 0.29) is 21.9 Å². The summed E-state index contributed by atoms with van der Waals surface area (Å²) in [7, 11) is 1.44. The minimum absolute atomic E-state index is 0.0956. The summed E-state index contributed by atoms with van der Waals surface area (Å²) in [5, 5.41) is 19.6. The Balaban J connectivity index is 2.44. The van der Waals surface area contributed by atoms with Crippen LogP contribution in [0.15, 0.2) is 18.2 Å². The summed E-state index contributed by atoms with van der Waals surface area (Å²) in [5.74, 6) is 0.215. The van der Waals surface area contributed by atoms with Crippen LogP contribution in [0.3, 0.4) is 0 Å². The van der Waals surface area contributed by atoms with Gasteiger partial charge >= 0.3 is 6.55 Å². The fraction of sp³-hybridized carbons (Fsp3) is 0.222. The van der Waals surface area contributed by atoms with Gasteiger partial charge in [-0.1, -0.05) is 4.80 Å². The highest BCUT2D eigenvalue weighted by molar-refractivity contribution is 5.65. The van der Waals surface area contributed by atoms with Gasteiger partial charge in [0.25, 0.3) is 0 Å². The maximum Gasteiger partial charge on any atom is 0.350 e. The molecule has 0 fully saturated rings. The summed E-state index contributed by atoms with van der Waals surface area (Å²) in [6.45, 7) is -2.87. The molecule has 0 aliphatic heterocycles. The monoisotopic (exact) mass is 242 g/mol. The van der Waals surface area contributed by atoms with E-state index in [1.54, 1.807) is 0 Å². The van der Waals surface area contributed by atoms with Crippen LogP contribution in [0, 0.1) is 0 Å². The number of ether oxygens (including phenoxy) is 1. The number of nitrogens with zero attached hydrogens (tertiary/aromatic N) is 4. The van der Waals surface area contributed by atoms with E-state index in [9.17, 15) is 13.9 Å². The molecule has 2 aromatic rings. The third-order valence-electron chi connectivity index (χ3n) is 2.05. The van der Waals surface area contributed by atoms with Crippen molar-refractivity contribution in [2.75, 3.05) is 7.11 Å². The molecule has 8 heteroatoms. The van der Waals surface area contributed by atoms with Gasteiger partial charge in [-0.25, -0.2) is 0 Å². The molecule has 0 saturated heterocycles. The number of tetrazole rings is 1. The Morgan fingerprint density at radius 1 is 1.41 bits per heavy atom. The Hall–Kier alpha value is -2.25. The van der Waals surface area contributed by atoms with E-state index in [1.807, 2.05) is 0 Å². The van der Waals surface area contributed by atoms with E-state index in [0.29, 0.717) is 5.75 Å². The van der Waals surface area contributed by atoms with Gasteiger partial charge in [0.1, 0.15) is 11.5 Å². The van der Waals surface area contributed by atoms with E-state index in [1.165, 1.54) is 25.3 Å². The van der Waals surface area contributed by atoms with Crippen molar-refractivity contribution in [2.24, 2.45) is 0 Å². The first-order valence-electron chi connectivity index (χ1n) is 4.57. The molecule has 2 rings (SSSR count). The molecular weight excluding hydrogens is 234 g/mol. The lowest BCUT2D eigenvalue weighted by Gasteiger charge is -2.03. The summed E-state index contributed by atoms with van der Waals surface area (Å²) >= 11 is 0. The minimum atomic E-state index is -2.87. The van der Waals surface area contributed by atoms with Crippen LogP contribution in [-0.2, 0) is 0 Å². The predicted molar refractivity (Wildman–Crippen MR) is 52.7 cm³/mol. The summed E-state index contributed by atoms with van der Waals surface area (Å²) in [5.41, 5.74) is 0.177. The van der Waals surface area contributed by atoms with Crippen molar-refractivity contribution in [1.29, 1.82) is 0 Å². The van der Waals surface area contributed by atoms with Gasteiger partial charge in [-0.2, -0.15) is 8.78 Å². The lowest BCUT2D eigenvalue weighted by molar-refractivity contribution is 0.0397. The zero-order chi connectivity index (χ0) is 12.4. The van der Waals surface area contributed by atoms with E-state index in [4.69, 9.17) is 4.74 Å². The number of phenols is 1. The third-order valence-corrected chi connectivity index (χ3v) is 2.05. The highest BCUT2D eigenvalue weighted by atomic mass is 19.3. The molecule has 1 aromatic carbocycles. The zero-order valence-corrected chi connectivity index (χ0v) is 8.71. The Morgan fingerprint density at radius 3 is 2.76 bits per heavy atom. The predicted octanol–water partition coefficient (Wildman–Crippen LogP) is 1.45. The number of hydrogen-bond acceptors (Lipinski definition) is 5. The van der Waals surface area contributed by atoms with Gasteiger partial charge in [0.2, 0.25) is 5.82 Å². The molecule has 0 bridgehead atoms. The Morgan fingerprint density at radius 2 is 2.18 bits per heavy atom. The quantitative estimate of drug-likeness (QED) is 0.881. The lowest BCUT2D eigenvalue weighted by Crippen LogP contribution is -2.02. The normalized spacial score (nSPS) is 10.8. The minimum Gasteiger partial charge on any atom is -0.507 e. The number of aromatic nitrogens is 4. The smallest absolute Gasteiger partial charge is 0.350 e. The molecule has 1 heterocycles. The number of methoxy groups -OCH3 is 1. The molecule has 6 nitrogen and oxygen atoms in total. The van der Waals surface area contributed by atoms with Gasteiger partial charge < -0.3 is 9.84 Å². The number of benzene rings is 1. The van der Waals surface area contributed by atoms with Crippen LogP contribution in [-0.4, -0.2) is 32.4 Å². The van der Waals surface area contributed by atoms with Crippen molar-refractivity contribution in [3.8, 4) is 22.9 Å². The van der Waals surface area contributed by atoms with E-state index in [0.717, 1.165) is 0 Å². The molecular formula is C9H8F2N4O2. The van der Waals surface area contributed by atoms with Crippen LogP contribution in [0.4, 0.5) is 8.78 Å². The molecule has 0 atom stereocenters. The summed E-state index contributed by atoms with van der Waals surface area (Å²) in [6.07, 6.45) is 0. The van der Waals surface area contributed by atoms with Gasteiger partial charge in [0.05, 0.1) is 12.7 Å². The fourth-order valence-corrected chi connectivity index (χ4v) is 1.24. The van der Waals surface area contributed by atoms with Crippen LogP contribution < -0.4 is 4.74 Å². The Labute approximate surface area is 94.4 Å². The summed E-state index contributed by atoms with van der Waals surface area (Å²) < 4.78 is 29.4. The molecule has 0 saturated carbocycles. The highest BCUT2D eigenvalue weighted by Crippen LogP contribution is 2.30. The van der Waals surface area contributed by atoms with Crippen LogP contribution in [0.2, 0.25) is 0 Å². The Kier molecular flexibility index (Phi) is 2.86. The number of hydrogen-bond donors (Lipinski definition) is 1. The SMILES string of the molecule is COc1ccc(O)c(-c2nnn(C(F)F)n2)c1. The van der Waals surface area contributed by atoms with Crippen molar-refractivity contribution < 1.29 is 18.6 Å². The topological polar surface area (TPSA) is 73.1 Å². The number of alkyl halides is 2. The summed E-state index contributed by atoms with van der Waals surface area (Å²) in [4.78, 5) is 0.161. The summed E-state index contributed by atoms with van der Waals surface area (Å²) in [6, 6.07) is 4.32. The van der Waals surface area contributed by atoms with Gasteiger partial charge in [-0.15, -0.1) is 10.2 Å². The molecule has 1 aromatic heterocycles. The van der Waals surface area contributed by atoms with Crippen LogP contribution in [0.5, 0.6) is 11.5 Å². The molecule has 0 aliphatic carbocycles. The average molecular weight is 242 g/mol. The van der Waals surface area contributed by atoms with Gasteiger partial charge in [-0.05, 0) is 23.4 Å². The molecule has 0 amide bonds. The maximum atomic E-state index is 12.3. The molecule has 0 spiro atoms. The number of rotatable bonds is 3. The number of aromatic hydroxyl groups is 1. The lowest BCUT2D eigenvalue weighted by atomic mass is 10.2. The number of halogens is 2. The van der Waals surface area contributed by atoms with E-state index < -0.39 is 6.55 Å². The average Bonchev–Trinajstić information content (AvgIpc) is 2.79. The first-order valence-corrected chi connectivity index (χ1v) is 4.57. The van der Waals surface area contributed by atoms with Gasteiger partial charge in [0.15, 0.2) is 0 Å². The van der Waals surface area contributed by atoms with Crippen LogP contribution >= 0.6 is 0 Å². The second-order valence-corrected chi connectivity index (χ2v) is 3.09. The van der Waals surface area contributed by atoms with Crippen LogP contribution in [0.1, 0.15) is 6.55 Å². The van der Waals surface area contributed by atoms with Gasteiger partial charge in [-0.3, -0.25) is 0 Å². The van der Waals surface area contributed by atoms with E-state index >= 15 is 0 Å². The Bertz CT molecular complexity index is 529. The highest BCUT2D eigenvalue weighted by Gasteiger charge is 2.15. The fourth-order valence-electron chi connectivity index (χ4n) is 1.24. The van der Waals surface area contributed by atoms with Crippen molar-refractivity contribution in [1.82, 2.24) is 20.2 Å². The largest absolute Gasteiger partial charge is 0.507 e. The second kappa shape index (κ2) is 4.32. The van der Waals surface area contributed by atoms with Crippen molar-refractivity contribution in [2.45, 2.75) is 6.55 Å². The third kappa shape index (κ3) is 2.14. The van der Waals surface area contributed by atoms with E-state index in [2.05, 4.69) is 15.4 Å². The first kappa shape index (κ1) is 11.2. The van der Waals surface area contributed by atoms with Gasteiger partial charge in [0, 0.05) is 0 Å². The zero-order valence-electron chi connectivity index (χ0n) is 8.71. The second-order valence-electron chi connectivity index (χ2n) is 3.09. The molecule has 0 unspecified atom stereocenters. The molecule has 0 aliphatic rings. The first-order chi connectivity index (χ1) is 8.11.